The van der Waals surface area contributed by atoms with Crippen LogP contribution in [0.5, 0.6) is 0 Å². The number of hydrogen-bond acceptors (Lipinski definition) is 2. The Hall–Kier alpha value is -1.16. The van der Waals surface area contributed by atoms with Crippen LogP contribution >= 0.6 is 0 Å². The van der Waals surface area contributed by atoms with Gasteiger partial charge in [0.25, 0.3) is 0 Å². The lowest BCUT2D eigenvalue weighted by molar-refractivity contribution is 0.298. The molecule has 0 aliphatic carbocycles. The number of aliphatic hydroxyl groups excluding tert-OH is 1. The van der Waals surface area contributed by atoms with Crippen molar-refractivity contribution in [3.8, 4) is 0 Å². The molecule has 0 heterocycles. The second-order valence-corrected chi connectivity index (χ2v) is 2.44. The number of halogens is 2. The number of hydrogen-bond donors (Lipinski definition) is 1. The summed E-state index contributed by atoms with van der Waals surface area (Å²) in [6.07, 6.45) is 0. The Morgan fingerprint density at radius 1 is 1.33 bits per heavy atom. The molecule has 1 aromatic carbocycles. The minimum Gasteiger partial charge on any atom is -0.376 e. The van der Waals surface area contributed by atoms with Crippen molar-refractivity contribution in [2.24, 2.45) is 0 Å². The third-order valence-electron chi connectivity index (χ3n) is 1.56. The van der Waals surface area contributed by atoms with E-state index in [1.807, 2.05) is 0 Å². The highest BCUT2D eigenvalue weighted by Gasteiger charge is 2.04. The fraction of sp³-hybridized carbons (Fsp3) is 0.250. The van der Waals surface area contributed by atoms with Crippen molar-refractivity contribution in [1.29, 1.82) is 0 Å². The first-order valence-electron chi connectivity index (χ1n) is 3.42. The number of anilines is 1. The maximum absolute atomic E-state index is 12.6. The normalized spacial score (nSPS) is 10.0. The van der Waals surface area contributed by atoms with Gasteiger partial charge in [0, 0.05) is 18.8 Å². The minimum atomic E-state index is -0.909. The number of nitrogens with zero attached hydrogens (tertiary/aromatic N) is 1. The summed E-state index contributed by atoms with van der Waals surface area (Å²) in [5.74, 6) is -1.79. The van der Waals surface area contributed by atoms with Crippen LogP contribution in [0.3, 0.4) is 0 Å². The Kier molecular flexibility index (Phi) is 2.60. The summed E-state index contributed by atoms with van der Waals surface area (Å²) in [5.41, 5.74) is 0.441. The Morgan fingerprint density at radius 3 is 2.50 bits per heavy atom. The maximum atomic E-state index is 12.6. The van der Waals surface area contributed by atoms with Gasteiger partial charge in [0.1, 0.15) is 6.73 Å². The lowest BCUT2D eigenvalue weighted by Crippen LogP contribution is -2.17. The van der Waals surface area contributed by atoms with Crippen LogP contribution in [0.4, 0.5) is 14.5 Å². The minimum absolute atomic E-state index is 0.231. The van der Waals surface area contributed by atoms with Crippen LogP contribution in [0.15, 0.2) is 18.2 Å². The van der Waals surface area contributed by atoms with E-state index in [0.29, 0.717) is 5.69 Å². The summed E-state index contributed by atoms with van der Waals surface area (Å²) >= 11 is 0. The zero-order valence-electron chi connectivity index (χ0n) is 6.59. The van der Waals surface area contributed by atoms with Gasteiger partial charge in [-0.1, -0.05) is 0 Å². The Bertz CT molecular complexity index is 278. The van der Waals surface area contributed by atoms with Gasteiger partial charge in [0.05, 0.1) is 0 Å². The zero-order chi connectivity index (χ0) is 9.14. The van der Waals surface area contributed by atoms with Crippen LogP contribution in [0, 0.1) is 11.6 Å². The van der Waals surface area contributed by atoms with Crippen LogP contribution in [0.2, 0.25) is 0 Å². The SMILES string of the molecule is CN(CO)c1ccc(F)c(F)c1. The van der Waals surface area contributed by atoms with Crippen molar-refractivity contribution in [2.75, 3.05) is 18.7 Å². The van der Waals surface area contributed by atoms with Crippen molar-refractivity contribution in [3.63, 3.8) is 0 Å². The molecular weight excluding hydrogens is 164 g/mol. The predicted molar refractivity (Wildman–Crippen MR) is 41.8 cm³/mol. The molecule has 12 heavy (non-hydrogen) atoms. The molecule has 0 radical (unpaired) electrons. The average Bonchev–Trinajstić information content (AvgIpc) is 2.08. The molecule has 0 amide bonds. The van der Waals surface area contributed by atoms with E-state index in [4.69, 9.17) is 5.11 Å². The third-order valence-corrected chi connectivity index (χ3v) is 1.56. The molecular formula is C8H9F2NO. The van der Waals surface area contributed by atoms with Crippen molar-refractivity contribution in [2.45, 2.75) is 0 Å². The standard InChI is InChI=1S/C8H9F2NO/c1-11(5-12)6-2-3-7(9)8(10)4-6/h2-4,12H,5H2,1H3. The molecule has 0 aliphatic heterocycles. The van der Waals surface area contributed by atoms with Gasteiger partial charge in [0.2, 0.25) is 0 Å². The lowest BCUT2D eigenvalue weighted by atomic mass is 10.3. The molecule has 1 rings (SSSR count). The van der Waals surface area contributed by atoms with Crippen molar-refractivity contribution in [1.82, 2.24) is 0 Å². The molecule has 0 atom stereocenters. The number of aliphatic hydroxyl groups is 1. The first-order valence-corrected chi connectivity index (χ1v) is 3.42. The van der Waals surface area contributed by atoms with Crippen molar-refractivity contribution < 1.29 is 13.9 Å². The number of rotatable bonds is 2. The molecule has 0 fully saturated rings. The number of benzene rings is 1. The fourth-order valence-electron chi connectivity index (χ4n) is 0.804. The van der Waals surface area contributed by atoms with Gasteiger partial charge in [-0.3, -0.25) is 0 Å². The van der Waals surface area contributed by atoms with Crippen LogP contribution in [-0.4, -0.2) is 18.9 Å². The van der Waals surface area contributed by atoms with Gasteiger partial charge in [0.15, 0.2) is 11.6 Å². The van der Waals surface area contributed by atoms with E-state index in [2.05, 4.69) is 0 Å². The Labute approximate surface area is 69.0 Å². The highest BCUT2D eigenvalue weighted by molar-refractivity contribution is 5.45. The second-order valence-electron chi connectivity index (χ2n) is 2.44. The summed E-state index contributed by atoms with van der Waals surface area (Å²) in [6, 6.07) is 3.46. The smallest absolute Gasteiger partial charge is 0.160 e. The molecule has 0 aliphatic rings. The first-order chi connectivity index (χ1) is 5.65. The lowest BCUT2D eigenvalue weighted by Gasteiger charge is -2.15. The van der Waals surface area contributed by atoms with Crippen LogP contribution in [-0.2, 0) is 0 Å². The topological polar surface area (TPSA) is 23.5 Å². The van der Waals surface area contributed by atoms with Gasteiger partial charge >= 0.3 is 0 Å². The summed E-state index contributed by atoms with van der Waals surface area (Å²) in [4.78, 5) is 1.39. The first kappa shape index (κ1) is 8.93. The van der Waals surface area contributed by atoms with Crippen molar-refractivity contribution in [3.05, 3.63) is 29.8 Å². The molecule has 4 heteroatoms. The van der Waals surface area contributed by atoms with Gasteiger partial charge in [-0.2, -0.15) is 0 Å². The predicted octanol–water partition coefficient (Wildman–Crippen LogP) is 1.35. The molecule has 0 saturated heterocycles. The summed E-state index contributed by atoms with van der Waals surface area (Å²) in [6.45, 7) is -0.231. The highest BCUT2D eigenvalue weighted by Crippen LogP contribution is 2.15. The second kappa shape index (κ2) is 3.49. The quantitative estimate of drug-likeness (QED) is 0.682. The molecule has 66 valence electrons. The third kappa shape index (κ3) is 1.71. The summed E-state index contributed by atoms with van der Waals surface area (Å²) in [5, 5.41) is 8.66. The molecule has 2 nitrogen and oxygen atoms in total. The van der Waals surface area contributed by atoms with Crippen LogP contribution in [0.1, 0.15) is 0 Å². The van der Waals surface area contributed by atoms with E-state index >= 15 is 0 Å². The van der Waals surface area contributed by atoms with Gasteiger partial charge in [-0.05, 0) is 12.1 Å². The van der Waals surface area contributed by atoms with E-state index in [1.54, 1.807) is 7.05 Å². The molecule has 0 aromatic heterocycles. The molecule has 1 aromatic rings. The van der Waals surface area contributed by atoms with Crippen LogP contribution < -0.4 is 4.90 Å². The van der Waals surface area contributed by atoms with Gasteiger partial charge in [-0.15, -0.1) is 0 Å². The average molecular weight is 173 g/mol. The molecule has 0 spiro atoms. The van der Waals surface area contributed by atoms with E-state index in [9.17, 15) is 8.78 Å². The van der Waals surface area contributed by atoms with E-state index in [1.165, 1.54) is 11.0 Å². The summed E-state index contributed by atoms with van der Waals surface area (Å²) < 4.78 is 25.0. The monoisotopic (exact) mass is 173 g/mol. The molecule has 0 bridgehead atoms. The Morgan fingerprint density at radius 2 is 2.00 bits per heavy atom. The van der Waals surface area contributed by atoms with Gasteiger partial charge in [-0.25, -0.2) is 8.78 Å². The molecule has 0 saturated carbocycles. The van der Waals surface area contributed by atoms with Gasteiger partial charge < -0.3 is 10.0 Å². The Balaban J connectivity index is 2.96. The summed E-state index contributed by atoms with van der Waals surface area (Å²) in [7, 11) is 1.58. The largest absolute Gasteiger partial charge is 0.376 e. The fourth-order valence-corrected chi connectivity index (χ4v) is 0.804. The van der Waals surface area contributed by atoms with Crippen LogP contribution in [0.25, 0.3) is 0 Å². The van der Waals surface area contributed by atoms with E-state index in [0.717, 1.165) is 12.1 Å². The zero-order valence-corrected chi connectivity index (χ0v) is 6.59. The van der Waals surface area contributed by atoms with E-state index in [-0.39, 0.29) is 6.73 Å². The molecule has 0 unspecified atom stereocenters. The maximum Gasteiger partial charge on any atom is 0.160 e. The van der Waals surface area contributed by atoms with E-state index < -0.39 is 11.6 Å². The van der Waals surface area contributed by atoms with Crippen molar-refractivity contribution >= 4 is 5.69 Å². The highest BCUT2D eigenvalue weighted by atomic mass is 19.2. The molecule has 1 N–H and O–H groups in total.